The molecular weight excluding hydrogens is 404 g/mol. The SMILES string of the molecule is CNC(=O)[C@](C)(NCc1ccc(OCc2ccccc2Cl)cc1)OS(C)(=O)=O. The minimum atomic E-state index is -3.84. The van der Waals surface area contributed by atoms with Gasteiger partial charge in [0.15, 0.2) is 0 Å². The van der Waals surface area contributed by atoms with Crippen LogP contribution in [0.4, 0.5) is 0 Å². The quantitative estimate of drug-likeness (QED) is 0.472. The zero-order chi connectivity index (χ0) is 20.8. The van der Waals surface area contributed by atoms with Crippen molar-refractivity contribution in [3.8, 4) is 5.75 Å². The fourth-order valence-corrected chi connectivity index (χ4v) is 3.37. The van der Waals surface area contributed by atoms with Crippen molar-refractivity contribution in [2.75, 3.05) is 13.3 Å². The summed E-state index contributed by atoms with van der Waals surface area (Å²) in [6, 6.07) is 14.6. The van der Waals surface area contributed by atoms with Crippen LogP contribution in [0.3, 0.4) is 0 Å². The normalized spacial score (nSPS) is 13.6. The number of hydrogen-bond donors (Lipinski definition) is 2. The van der Waals surface area contributed by atoms with Gasteiger partial charge in [0, 0.05) is 24.2 Å². The zero-order valence-electron chi connectivity index (χ0n) is 15.9. The molecule has 0 radical (unpaired) electrons. The van der Waals surface area contributed by atoms with E-state index in [-0.39, 0.29) is 6.54 Å². The fourth-order valence-electron chi connectivity index (χ4n) is 2.44. The van der Waals surface area contributed by atoms with Crippen LogP contribution < -0.4 is 15.4 Å². The zero-order valence-corrected chi connectivity index (χ0v) is 17.4. The first-order valence-electron chi connectivity index (χ1n) is 8.46. The van der Waals surface area contributed by atoms with Gasteiger partial charge in [0.05, 0.1) is 6.26 Å². The largest absolute Gasteiger partial charge is 0.489 e. The summed E-state index contributed by atoms with van der Waals surface area (Å²) in [6.45, 7) is 1.91. The molecule has 2 rings (SSSR count). The van der Waals surface area contributed by atoms with E-state index < -0.39 is 21.8 Å². The molecule has 0 spiro atoms. The maximum atomic E-state index is 12.0. The number of amides is 1. The van der Waals surface area contributed by atoms with Crippen LogP contribution in [0.15, 0.2) is 48.5 Å². The molecule has 2 N–H and O–H groups in total. The van der Waals surface area contributed by atoms with Crippen molar-refractivity contribution >= 4 is 27.6 Å². The van der Waals surface area contributed by atoms with E-state index in [1.807, 2.05) is 18.2 Å². The Hall–Kier alpha value is -2.13. The highest BCUT2D eigenvalue weighted by atomic mass is 35.5. The monoisotopic (exact) mass is 426 g/mol. The molecule has 0 aliphatic heterocycles. The van der Waals surface area contributed by atoms with Crippen LogP contribution in [0.1, 0.15) is 18.1 Å². The number of carbonyl (C=O) groups excluding carboxylic acids is 1. The number of rotatable bonds is 9. The molecule has 7 nitrogen and oxygen atoms in total. The first-order chi connectivity index (χ1) is 13.1. The third-order valence-corrected chi connectivity index (χ3v) is 4.89. The van der Waals surface area contributed by atoms with E-state index in [4.69, 9.17) is 20.5 Å². The van der Waals surface area contributed by atoms with Gasteiger partial charge in [-0.25, -0.2) is 4.18 Å². The molecule has 0 aliphatic carbocycles. The molecule has 2 aromatic rings. The molecule has 0 saturated carbocycles. The van der Waals surface area contributed by atoms with E-state index in [2.05, 4.69) is 10.6 Å². The van der Waals surface area contributed by atoms with Crippen molar-refractivity contribution in [3.63, 3.8) is 0 Å². The lowest BCUT2D eigenvalue weighted by Crippen LogP contribution is -2.56. The lowest BCUT2D eigenvalue weighted by Gasteiger charge is -2.27. The molecule has 0 aromatic heterocycles. The number of likely N-dealkylation sites (N-methyl/N-ethyl adjacent to an activating group) is 1. The number of carbonyl (C=O) groups is 1. The van der Waals surface area contributed by atoms with Gasteiger partial charge in [0.2, 0.25) is 5.72 Å². The highest BCUT2D eigenvalue weighted by Crippen LogP contribution is 2.19. The molecule has 0 heterocycles. The molecule has 0 saturated heterocycles. The van der Waals surface area contributed by atoms with Crippen LogP contribution in [0.2, 0.25) is 5.02 Å². The molecule has 9 heteroatoms. The van der Waals surface area contributed by atoms with Gasteiger partial charge in [-0.15, -0.1) is 0 Å². The van der Waals surface area contributed by atoms with Gasteiger partial charge in [0.25, 0.3) is 16.0 Å². The predicted molar refractivity (Wildman–Crippen MR) is 107 cm³/mol. The molecule has 0 bridgehead atoms. The maximum absolute atomic E-state index is 12.0. The Balaban J connectivity index is 1.99. The van der Waals surface area contributed by atoms with Gasteiger partial charge >= 0.3 is 0 Å². The maximum Gasteiger partial charge on any atom is 0.268 e. The van der Waals surface area contributed by atoms with Gasteiger partial charge < -0.3 is 10.1 Å². The van der Waals surface area contributed by atoms with Crippen molar-refractivity contribution in [2.45, 2.75) is 25.8 Å². The van der Waals surface area contributed by atoms with E-state index in [9.17, 15) is 13.2 Å². The second-order valence-electron chi connectivity index (χ2n) is 6.28. The smallest absolute Gasteiger partial charge is 0.268 e. The van der Waals surface area contributed by atoms with Gasteiger partial charge in [0.1, 0.15) is 12.4 Å². The molecule has 0 aliphatic rings. The summed E-state index contributed by atoms with van der Waals surface area (Å²) < 4.78 is 33.6. The molecule has 28 heavy (non-hydrogen) atoms. The minimum Gasteiger partial charge on any atom is -0.489 e. The van der Waals surface area contributed by atoms with Crippen LogP contribution in [0, 0.1) is 0 Å². The molecule has 152 valence electrons. The van der Waals surface area contributed by atoms with E-state index in [0.717, 1.165) is 17.4 Å². The standard InChI is InChI=1S/C19H23ClN2O5S/c1-19(18(23)21-2,27-28(3,24)25)22-12-14-8-10-16(11-9-14)26-13-15-6-4-5-7-17(15)20/h4-11,22H,12-13H2,1-3H3,(H,21,23)/t19-/m1/s1. The van der Waals surface area contributed by atoms with Crippen LogP contribution in [0.25, 0.3) is 0 Å². The van der Waals surface area contributed by atoms with Gasteiger partial charge in [-0.05, 0) is 30.7 Å². The molecule has 1 atom stereocenters. The lowest BCUT2D eigenvalue weighted by molar-refractivity contribution is -0.137. The minimum absolute atomic E-state index is 0.213. The fraction of sp³-hybridized carbons (Fsp3) is 0.316. The summed E-state index contributed by atoms with van der Waals surface area (Å²) in [6.07, 6.45) is 0.890. The van der Waals surface area contributed by atoms with Crippen molar-refractivity contribution < 1.29 is 22.1 Å². The van der Waals surface area contributed by atoms with Crippen molar-refractivity contribution in [3.05, 3.63) is 64.7 Å². The van der Waals surface area contributed by atoms with Crippen molar-refractivity contribution in [1.29, 1.82) is 0 Å². The van der Waals surface area contributed by atoms with Crippen molar-refractivity contribution in [2.24, 2.45) is 0 Å². The van der Waals surface area contributed by atoms with Gasteiger partial charge in [-0.3, -0.25) is 10.1 Å². The Morgan fingerprint density at radius 3 is 2.36 bits per heavy atom. The highest BCUT2D eigenvalue weighted by Gasteiger charge is 2.37. The number of nitrogens with one attached hydrogen (secondary N) is 2. The van der Waals surface area contributed by atoms with Gasteiger partial charge in [-0.1, -0.05) is 41.9 Å². The number of hydrogen-bond acceptors (Lipinski definition) is 6. The lowest BCUT2D eigenvalue weighted by atomic mass is 10.1. The summed E-state index contributed by atoms with van der Waals surface area (Å²) in [4.78, 5) is 12.0. The summed E-state index contributed by atoms with van der Waals surface area (Å²) in [7, 11) is -2.44. The Morgan fingerprint density at radius 1 is 1.14 bits per heavy atom. The second-order valence-corrected chi connectivity index (χ2v) is 8.26. The topological polar surface area (TPSA) is 93.7 Å². The molecular formula is C19H23ClN2O5S. The summed E-state index contributed by atoms with van der Waals surface area (Å²) in [5, 5.41) is 5.86. The second kappa shape index (κ2) is 9.38. The van der Waals surface area contributed by atoms with E-state index in [1.165, 1.54) is 14.0 Å². The Kier molecular flexibility index (Phi) is 7.42. The Morgan fingerprint density at radius 2 is 1.79 bits per heavy atom. The Bertz CT molecular complexity index is 918. The van der Waals surface area contributed by atoms with E-state index in [0.29, 0.717) is 17.4 Å². The first kappa shape index (κ1) is 22.2. The van der Waals surface area contributed by atoms with Crippen LogP contribution >= 0.6 is 11.6 Å². The number of ether oxygens (including phenoxy) is 1. The summed E-state index contributed by atoms with van der Waals surface area (Å²) in [5.74, 6) is 0.0581. The molecule has 2 aromatic carbocycles. The summed E-state index contributed by atoms with van der Waals surface area (Å²) >= 11 is 6.11. The number of benzene rings is 2. The molecule has 1 amide bonds. The third-order valence-electron chi connectivity index (χ3n) is 3.88. The summed E-state index contributed by atoms with van der Waals surface area (Å²) in [5.41, 5.74) is -0.0202. The van der Waals surface area contributed by atoms with Crippen LogP contribution in [0.5, 0.6) is 5.75 Å². The molecule has 0 unspecified atom stereocenters. The first-order valence-corrected chi connectivity index (χ1v) is 10.7. The third kappa shape index (κ3) is 6.49. The predicted octanol–water partition coefficient (Wildman–Crippen LogP) is 2.45. The van der Waals surface area contributed by atoms with E-state index in [1.54, 1.807) is 30.3 Å². The van der Waals surface area contributed by atoms with E-state index >= 15 is 0 Å². The Labute approximate surface area is 170 Å². The van der Waals surface area contributed by atoms with Crippen LogP contribution in [-0.4, -0.2) is 33.4 Å². The van der Waals surface area contributed by atoms with Crippen LogP contribution in [-0.2, 0) is 32.2 Å². The van der Waals surface area contributed by atoms with Gasteiger partial charge in [-0.2, -0.15) is 8.42 Å². The highest BCUT2D eigenvalue weighted by molar-refractivity contribution is 7.86. The van der Waals surface area contributed by atoms with Crippen molar-refractivity contribution in [1.82, 2.24) is 10.6 Å². The average Bonchev–Trinajstić information content (AvgIpc) is 2.64. The average molecular weight is 427 g/mol. The molecule has 0 fully saturated rings. The number of halogens is 1.